The maximum absolute atomic E-state index is 12.4. The highest BCUT2D eigenvalue weighted by atomic mass is 35.5. The Balaban J connectivity index is 1.82. The molecular formula is C30H57ClN5O5Si+. The highest BCUT2D eigenvalue weighted by molar-refractivity contribution is 6.60. The SMILES string of the molecule is CCCCCCCCCCCC(=O)OCC[N+]1(c2nc(Cl)nc(NCCC[Si](OCC)(OCC)OCC)n2)CCCC1. The summed E-state index contributed by atoms with van der Waals surface area (Å²) in [5.74, 6) is 0.969. The molecule has 0 spiro atoms. The number of nitrogens with zero attached hydrogens (tertiary/aromatic N) is 4. The van der Waals surface area contributed by atoms with Crippen LogP contribution in [0.2, 0.25) is 11.3 Å². The minimum absolute atomic E-state index is 0.114. The summed E-state index contributed by atoms with van der Waals surface area (Å²) in [6, 6.07) is 0.700. The predicted octanol–water partition coefficient (Wildman–Crippen LogP) is 6.94. The van der Waals surface area contributed by atoms with E-state index in [9.17, 15) is 4.79 Å². The Morgan fingerprint density at radius 1 is 0.833 bits per heavy atom. The van der Waals surface area contributed by atoms with Crippen molar-refractivity contribution in [2.45, 2.75) is 117 Å². The Morgan fingerprint density at radius 3 is 2.02 bits per heavy atom. The molecule has 0 aromatic carbocycles. The number of halogens is 1. The first-order valence-corrected chi connectivity index (χ1v) is 18.8. The summed E-state index contributed by atoms with van der Waals surface area (Å²) >= 11 is 6.36. The fourth-order valence-corrected chi connectivity index (χ4v) is 8.36. The van der Waals surface area contributed by atoms with E-state index in [4.69, 9.17) is 34.6 Å². The van der Waals surface area contributed by atoms with Gasteiger partial charge < -0.3 is 23.3 Å². The normalized spacial score (nSPS) is 14.8. The van der Waals surface area contributed by atoms with Crippen molar-refractivity contribution < 1.29 is 22.8 Å². The molecule has 2 heterocycles. The summed E-state index contributed by atoms with van der Waals surface area (Å²) in [6.45, 7) is 13.2. The number of unbranched alkanes of at least 4 members (excludes halogenated alkanes) is 8. The average molecular weight is 631 g/mol. The van der Waals surface area contributed by atoms with Crippen LogP contribution in [0.1, 0.15) is 111 Å². The van der Waals surface area contributed by atoms with Gasteiger partial charge in [-0.2, -0.15) is 4.98 Å². The van der Waals surface area contributed by atoms with Gasteiger partial charge in [-0.25, -0.2) is 0 Å². The van der Waals surface area contributed by atoms with Crippen LogP contribution in [0.5, 0.6) is 0 Å². The quantitative estimate of drug-likeness (QED) is 0.0532. The van der Waals surface area contributed by atoms with Gasteiger partial charge in [0.05, 0.1) is 13.1 Å². The molecule has 2 rings (SSSR count). The third kappa shape index (κ3) is 13.5. The number of carbonyl (C=O) groups is 1. The Bertz CT molecular complexity index is 861. The first-order valence-electron chi connectivity index (χ1n) is 16.5. The molecule has 1 fully saturated rings. The van der Waals surface area contributed by atoms with E-state index in [0.29, 0.717) is 68.4 Å². The first kappa shape index (κ1) is 36.8. The molecule has 1 saturated heterocycles. The standard InChI is InChI=1S/C30H57ClN5O5Si/c1-5-9-10-11-12-13-14-15-16-20-27(37)38-25-24-36(22-17-18-23-36)30-34-28(31)33-29(35-30)32-21-19-26-42(39-6-2,40-7-3)41-8-4/h5-26H2,1-4H3,(H,32,33,34,35)/q+1. The Kier molecular flexibility index (Phi) is 18.7. The molecule has 10 nitrogen and oxygen atoms in total. The minimum Gasteiger partial charge on any atom is -0.460 e. The molecule has 0 atom stereocenters. The zero-order valence-corrected chi connectivity index (χ0v) is 28.5. The number of hydrogen-bond acceptors (Lipinski definition) is 9. The zero-order valence-electron chi connectivity index (χ0n) is 26.8. The molecule has 0 bridgehead atoms. The number of anilines is 1. The van der Waals surface area contributed by atoms with Gasteiger partial charge in [-0.3, -0.25) is 9.28 Å². The van der Waals surface area contributed by atoms with Crippen LogP contribution in [-0.2, 0) is 22.8 Å². The summed E-state index contributed by atoms with van der Waals surface area (Å²) in [4.78, 5) is 26.0. The second-order valence-corrected chi connectivity index (χ2v) is 14.1. The van der Waals surface area contributed by atoms with Gasteiger partial charge in [-0.15, -0.1) is 9.97 Å². The molecule has 1 aromatic heterocycles. The van der Waals surface area contributed by atoms with E-state index in [-0.39, 0.29) is 11.3 Å². The summed E-state index contributed by atoms with van der Waals surface area (Å²) in [5.41, 5.74) is 0. The molecular weight excluding hydrogens is 574 g/mol. The molecule has 1 N–H and O–H groups in total. The molecule has 242 valence electrons. The smallest absolute Gasteiger partial charge is 0.460 e. The van der Waals surface area contributed by atoms with Crippen molar-refractivity contribution in [2.24, 2.45) is 0 Å². The Morgan fingerprint density at radius 2 is 1.43 bits per heavy atom. The number of quaternary nitrogens is 1. The highest BCUT2D eigenvalue weighted by Crippen LogP contribution is 2.28. The number of ether oxygens (including phenoxy) is 1. The van der Waals surface area contributed by atoms with E-state index in [1.54, 1.807) is 0 Å². The van der Waals surface area contributed by atoms with Crippen molar-refractivity contribution in [2.75, 3.05) is 57.9 Å². The summed E-state index contributed by atoms with van der Waals surface area (Å²) in [7, 11) is -2.70. The Labute approximate surface area is 260 Å². The van der Waals surface area contributed by atoms with Gasteiger partial charge in [0.1, 0.15) is 13.2 Å². The molecule has 0 radical (unpaired) electrons. The van der Waals surface area contributed by atoms with Crippen molar-refractivity contribution in [1.82, 2.24) is 19.4 Å². The number of likely N-dealkylation sites (tertiary alicyclic amines) is 1. The van der Waals surface area contributed by atoms with Gasteiger partial charge in [0.15, 0.2) is 0 Å². The van der Waals surface area contributed by atoms with Crippen LogP contribution in [0.15, 0.2) is 0 Å². The summed E-state index contributed by atoms with van der Waals surface area (Å²) in [6.07, 6.45) is 14.5. The van der Waals surface area contributed by atoms with Crippen LogP contribution in [-0.4, -0.2) is 82.3 Å². The summed E-state index contributed by atoms with van der Waals surface area (Å²) in [5, 5.41) is 3.47. The molecule has 1 aromatic rings. The van der Waals surface area contributed by atoms with Crippen molar-refractivity contribution in [3.63, 3.8) is 0 Å². The van der Waals surface area contributed by atoms with Gasteiger partial charge in [0, 0.05) is 51.7 Å². The van der Waals surface area contributed by atoms with E-state index >= 15 is 0 Å². The van der Waals surface area contributed by atoms with Crippen LogP contribution in [0, 0.1) is 0 Å². The van der Waals surface area contributed by atoms with Crippen LogP contribution >= 0.6 is 11.6 Å². The highest BCUT2D eigenvalue weighted by Gasteiger charge is 2.40. The monoisotopic (exact) mass is 630 g/mol. The van der Waals surface area contributed by atoms with Crippen molar-refractivity contribution in [1.29, 1.82) is 0 Å². The predicted molar refractivity (Wildman–Crippen MR) is 172 cm³/mol. The first-order chi connectivity index (χ1) is 20.4. The molecule has 1 aliphatic rings. The average Bonchev–Trinajstić information content (AvgIpc) is 3.45. The second-order valence-electron chi connectivity index (χ2n) is 11.1. The molecule has 0 aliphatic carbocycles. The van der Waals surface area contributed by atoms with Crippen molar-refractivity contribution in [3.8, 4) is 0 Å². The van der Waals surface area contributed by atoms with Gasteiger partial charge in [0.25, 0.3) is 0 Å². The van der Waals surface area contributed by atoms with E-state index in [1.165, 1.54) is 44.9 Å². The largest absolute Gasteiger partial charge is 0.500 e. The van der Waals surface area contributed by atoms with Crippen LogP contribution in [0.3, 0.4) is 0 Å². The number of hydrogen-bond donors (Lipinski definition) is 1. The fourth-order valence-electron chi connectivity index (χ4n) is 5.59. The van der Waals surface area contributed by atoms with Crippen molar-refractivity contribution in [3.05, 3.63) is 5.28 Å². The van der Waals surface area contributed by atoms with E-state index in [1.807, 2.05) is 20.8 Å². The zero-order chi connectivity index (χ0) is 30.5. The second kappa shape index (κ2) is 21.3. The van der Waals surface area contributed by atoms with Gasteiger partial charge in [-0.1, -0.05) is 58.3 Å². The third-order valence-corrected chi connectivity index (χ3v) is 11.1. The molecule has 1 aliphatic heterocycles. The number of rotatable bonds is 25. The maximum atomic E-state index is 12.4. The van der Waals surface area contributed by atoms with E-state index < -0.39 is 8.80 Å². The molecule has 12 heteroatoms. The lowest BCUT2D eigenvalue weighted by molar-refractivity contribution is -0.144. The lowest BCUT2D eigenvalue weighted by Gasteiger charge is -2.30. The van der Waals surface area contributed by atoms with Crippen molar-refractivity contribution >= 4 is 38.3 Å². The van der Waals surface area contributed by atoms with Crippen LogP contribution < -0.4 is 9.80 Å². The molecule has 0 saturated carbocycles. The number of esters is 1. The summed E-state index contributed by atoms with van der Waals surface area (Å²) < 4.78 is 24.1. The number of carbonyl (C=O) groups excluding carboxylic acids is 1. The maximum Gasteiger partial charge on any atom is 0.500 e. The lowest BCUT2D eigenvalue weighted by Crippen LogP contribution is -2.50. The van der Waals surface area contributed by atoms with E-state index in [2.05, 4.69) is 22.2 Å². The lowest BCUT2D eigenvalue weighted by atomic mass is 10.1. The fraction of sp³-hybridized carbons (Fsp3) is 0.867. The topological polar surface area (TPSA) is 105 Å². The van der Waals surface area contributed by atoms with Gasteiger partial charge in [0.2, 0.25) is 11.2 Å². The van der Waals surface area contributed by atoms with Gasteiger partial charge >= 0.3 is 20.7 Å². The number of nitrogens with one attached hydrogen (secondary N) is 1. The van der Waals surface area contributed by atoms with Gasteiger partial charge in [-0.05, 0) is 45.2 Å². The van der Waals surface area contributed by atoms with E-state index in [0.717, 1.165) is 45.2 Å². The third-order valence-electron chi connectivity index (χ3n) is 7.75. The van der Waals surface area contributed by atoms with Crippen LogP contribution in [0.25, 0.3) is 0 Å². The number of aromatic nitrogens is 3. The van der Waals surface area contributed by atoms with Crippen LogP contribution in [0.4, 0.5) is 11.9 Å². The Hall–Kier alpha value is -1.37. The molecule has 42 heavy (non-hydrogen) atoms. The molecule has 0 amide bonds. The molecule has 0 unspecified atom stereocenters. The minimum atomic E-state index is -2.70.